The molecule has 102 valence electrons. The van der Waals surface area contributed by atoms with E-state index in [-0.39, 0.29) is 5.54 Å². The Morgan fingerprint density at radius 2 is 1.85 bits per heavy atom. The molecule has 0 fully saturated rings. The molecule has 1 aliphatic heterocycles. The van der Waals surface area contributed by atoms with Crippen LogP contribution in [0.4, 0.5) is 0 Å². The monoisotopic (exact) mass is 265 g/mol. The molecule has 0 bridgehead atoms. The maximum atomic E-state index is 2.51. The van der Waals surface area contributed by atoms with Crippen LogP contribution in [0.25, 0.3) is 21.8 Å². The van der Waals surface area contributed by atoms with Crippen molar-refractivity contribution in [2.45, 2.75) is 45.7 Å². The molecule has 0 saturated heterocycles. The smallest absolute Gasteiger partial charge is 0.179 e. The van der Waals surface area contributed by atoms with E-state index in [2.05, 4.69) is 66.6 Å². The van der Waals surface area contributed by atoms with Crippen LogP contribution < -0.4 is 4.57 Å². The Bertz CT molecular complexity index is 819. The van der Waals surface area contributed by atoms with Gasteiger partial charge in [0.25, 0.3) is 0 Å². The highest BCUT2D eigenvalue weighted by Gasteiger charge is 2.27. The molecule has 0 amide bonds. The summed E-state index contributed by atoms with van der Waals surface area (Å²) in [5, 5.41) is 2.80. The third kappa shape index (κ3) is 1.54. The van der Waals surface area contributed by atoms with Gasteiger partial charge >= 0.3 is 0 Å². The van der Waals surface area contributed by atoms with Gasteiger partial charge in [0.15, 0.2) is 17.9 Å². The Morgan fingerprint density at radius 3 is 2.65 bits per heavy atom. The standard InChI is InChI=1S/C18H21N2/c1-18(2,3)19-11-13-7-6-10-20-16-9-5-4-8-14(16)15(12-19)17(13)20/h4-5,8-9,11-12H,6-7,10H2,1-3H3/q+1. The number of nitrogens with zero attached hydrogens (tertiary/aromatic N) is 2. The summed E-state index contributed by atoms with van der Waals surface area (Å²) in [6, 6.07) is 8.82. The van der Waals surface area contributed by atoms with E-state index in [4.69, 9.17) is 0 Å². The number of rotatable bonds is 0. The normalized spacial score (nSPS) is 15.2. The van der Waals surface area contributed by atoms with Gasteiger partial charge in [0.05, 0.1) is 10.9 Å². The Balaban J connectivity index is 2.20. The van der Waals surface area contributed by atoms with E-state index >= 15 is 0 Å². The summed E-state index contributed by atoms with van der Waals surface area (Å²) in [4.78, 5) is 0. The maximum absolute atomic E-state index is 2.51. The zero-order chi connectivity index (χ0) is 13.9. The summed E-state index contributed by atoms with van der Waals surface area (Å²) in [6.45, 7) is 7.96. The second-order valence-corrected chi connectivity index (χ2v) is 6.90. The summed E-state index contributed by atoms with van der Waals surface area (Å²) in [6.07, 6.45) is 7.14. The molecule has 3 aromatic rings. The predicted octanol–water partition coefficient (Wildman–Crippen LogP) is 3.78. The van der Waals surface area contributed by atoms with Crippen LogP contribution in [0.15, 0.2) is 36.7 Å². The molecule has 2 heteroatoms. The van der Waals surface area contributed by atoms with Gasteiger partial charge in [-0.1, -0.05) is 18.2 Å². The fraction of sp³-hybridized carbons (Fsp3) is 0.389. The van der Waals surface area contributed by atoms with Crippen molar-refractivity contribution in [3.63, 3.8) is 0 Å². The molecule has 2 aromatic heterocycles. The number of aryl methyl sites for hydroxylation is 2. The first-order valence-electron chi connectivity index (χ1n) is 7.51. The van der Waals surface area contributed by atoms with E-state index in [1.807, 2.05) is 0 Å². The summed E-state index contributed by atoms with van der Waals surface area (Å²) < 4.78 is 4.89. The lowest BCUT2D eigenvalue weighted by Crippen LogP contribution is -2.50. The largest absolute Gasteiger partial charge is 0.340 e. The fourth-order valence-corrected chi connectivity index (χ4v) is 3.44. The fourth-order valence-electron chi connectivity index (χ4n) is 3.44. The molecule has 0 unspecified atom stereocenters. The SMILES string of the molecule is CC(C)(C)[n+]1cc2c3c(c1)c1ccccc1n3CCC2. The lowest BCUT2D eigenvalue weighted by atomic mass is 10.0. The van der Waals surface area contributed by atoms with Crippen LogP contribution in [0.5, 0.6) is 0 Å². The van der Waals surface area contributed by atoms with Crippen molar-refractivity contribution in [3.8, 4) is 0 Å². The zero-order valence-electron chi connectivity index (χ0n) is 12.5. The molecule has 2 nitrogen and oxygen atoms in total. The summed E-state index contributed by atoms with van der Waals surface area (Å²) in [5.41, 5.74) is 4.47. The molecular weight excluding hydrogens is 244 g/mol. The van der Waals surface area contributed by atoms with Crippen LogP contribution in [0.2, 0.25) is 0 Å². The number of hydrogen-bond donors (Lipinski definition) is 0. The first-order chi connectivity index (χ1) is 9.55. The predicted molar refractivity (Wildman–Crippen MR) is 83.0 cm³/mol. The van der Waals surface area contributed by atoms with Gasteiger partial charge in [0.1, 0.15) is 0 Å². The third-order valence-electron chi connectivity index (χ3n) is 4.48. The molecule has 1 aliphatic rings. The lowest BCUT2D eigenvalue weighted by Gasteiger charge is -2.18. The van der Waals surface area contributed by atoms with Crippen molar-refractivity contribution in [1.82, 2.24) is 4.57 Å². The van der Waals surface area contributed by atoms with Gasteiger partial charge in [-0.3, -0.25) is 0 Å². The van der Waals surface area contributed by atoms with E-state index in [0.29, 0.717) is 0 Å². The zero-order valence-corrected chi connectivity index (χ0v) is 12.5. The Hall–Kier alpha value is -1.83. The number of hydrogen-bond acceptors (Lipinski definition) is 0. The molecule has 1 aromatic carbocycles. The van der Waals surface area contributed by atoms with Crippen molar-refractivity contribution in [3.05, 3.63) is 42.2 Å². The molecule has 0 N–H and O–H groups in total. The molecule has 0 radical (unpaired) electrons. The topological polar surface area (TPSA) is 8.81 Å². The molecule has 0 atom stereocenters. The van der Waals surface area contributed by atoms with Crippen LogP contribution in [0.3, 0.4) is 0 Å². The van der Waals surface area contributed by atoms with Crippen LogP contribution in [0.1, 0.15) is 32.8 Å². The Labute approximate surface area is 119 Å². The Morgan fingerprint density at radius 1 is 1.05 bits per heavy atom. The van der Waals surface area contributed by atoms with Crippen molar-refractivity contribution in [2.24, 2.45) is 0 Å². The molecule has 20 heavy (non-hydrogen) atoms. The number of benzene rings is 1. The minimum absolute atomic E-state index is 0.130. The van der Waals surface area contributed by atoms with Crippen LogP contribution >= 0.6 is 0 Å². The molecule has 4 rings (SSSR count). The highest BCUT2D eigenvalue weighted by atomic mass is 15.0. The molecule has 0 saturated carbocycles. The van der Waals surface area contributed by atoms with E-state index in [1.54, 1.807) is 0 Å². The summed E-state index contributed by atoms with van der Waals surface area (Å²) in [5.74, 6) is 0. The number of para-hydroxylation sites is 1. The van der Waals surface area contributed by atoms with Crippen molar-refractivity contribution < 1.29 is 4.57 Å². The third-order valence-corrected chi connectivity index (χ3v) is 4.48. The van der Waals surface area contributed by atoms with Gasteiger partial charge < -0.3 is 4.57 Å². The van der Waals surface area contributed by atoms with Gasteiger partial charge in [0.2, 0.25) is 0 Å². The number of fused-ring (bicyclic) bond motifs is 3. The molecular formula is C18H21N2+. The number of pyridine rings is 1. The second-order valence-electron chi connectivity index (χ2n) is 6.90. The van der Waals surface area contributed by atoms with Gasteiger partial charge in [-0.25, -0.2) is 0 Å². The average Bonchev–Trinajstić information content (AvgIpc) is 2.75. The van der Waals surface area contributed by atoms with Crippen LogP contribution in [0, 0.1) is 0 Å². The minimum atomic E-state index is 0.130. The van der Waals surface area contributed by atoms with E-state index < -0.39 is 0 Å². The summed E-state index contributed by atoms with van der Waals surface area (Å²) in [7, 11) is 0. The van der Waals surface area contributed by atoms with Gasteiger partial charge in [-0.05, 0) is 18.9 Å². The maximum Gasteiger partial charge on any atom is 0.179 e. The van der Waals surface area contributed by atoms with E-state index in [1.165, 1.54) is 40.2 Å². The van der Waals surface area contributed by atoms with Crippen molar-refractivity contribution in [2.75, 3.05) is 0 Å². The first-order valence-corrected chi connectivity index (χ1v) is 7.51. The summed E-state index contributed by atoms with van der Waals surface area (Å²) >= 11 is 0. The molecule has 3 heterocycles. The van der Waals surface area contributed by atoms with Gasteiger partial charge in [-0.15, -0.1) is 0 Å². The van der Waals surface area contributed by atoms with Crippen LogP contribution in [-0.2, 0) is 18.5 Å². The van der Waals surface area contributed by atoms with Crippen molar-refractivity contribution >= 4 is 21.8 Å². The van der Waals surface area contributed by atoms with Crippen LogP contribution in [-0.4, -0.2) is 4.57 Å². The second kappa shape index (κ2) is 3.85. The van der Waals surface area contributed by atoms with E-state index in [0.717, 1.165) is 6.54 Å². The van der Waals surface area contributed by atoms with Gasteiger partial charge in [0, 0.05) is 43.8 Å². The molecule has 0 aliphatic carbocycles. The highest BCUT2D eigenvalue weighted by molar-refractivity contribution is 6.08. The minimum Gasteiger partial charge on any atom is -0.340 e. The Kier molecular flexibility index (Phi) is 2.30. The first kappa shape index (κ1) is 12.0. The quantitative estimate of drug-likeness (QED) is 0.547. The molecule has 0 spiro atoms. The average molecular weight is 265 g/mol. The van der Waals surface area contributed by atoms with Crippen molar-refractivity contribution in [1.29, 1.82) is 0 Å². The highest BCUT2D eigenvalue weighted by Crippen LogP contribution is 2.33. The lowest BCUT2D eigenvalue weighted by molar-refractivity contribution is -0.753. The van der Waals surface area contributed by atoms with Gasteiger partial charge in [-0.2, -0.15) is 4.57 Å². The number of aromatic nitrogens is 2. The van der Waals surface area contributed by atoms with E-state index in [9.17, 15) is 0 Å².